The summed E-state index contributed by atoms with van der Waals surface area (Å²) in [5.41, 5.74) is 0.947. The minimum atomic E-state index is -1.91. The molecule has 0 spiro atoms. The molecule has 1 unspecified atom stereocenters. The first-order valence-electron chi connectivity index (χ1n) is 9.55. The zero-order valence-electron chi connectivity index (χ0n) is 18.8. The molecule has 35 heavy (non-hydrogen) atoms. The third-order valence-electron chi connectivity index (χ3n) is 4.48. The number of anilines is 4. The van der Waals surface area contributed by atoms with Crippen LogP contribution in [0.5, 0.6) is 0 Å². The van der Waals surface area contributed by atoms with E-state index in [0.29, 0.717) is 20.6 Å². The summed E-state index contributed by atoms with van der Waals surface area (Å²) in [7, 11) is 1.20. The molecule has 9 nitrogen and oxygen atoms in total. The molecule has 0 fully saturated rings. The SMILES string of the molecule is CNc1cc(NC)c(C(=O)N(C=O)c2ccc(NC(=O)[N-]S(=O)c3ccc(Cl)s3)cc2)cc1F.[K+]. The van der Waals surface area contributed by atoms with E-state index in [9.17, 15) is 23.0 Å². The molecule has 3 aromatic rings. The smallest absolute Gasteiger partial charge is 0.424 e. The number of carbonyl (C=O) groups excluding carboxylic acids is 3. The second-order valence-electron chi connectivity index (χ2n) is 6.53. The molecule has 1 aromatic heterocycles. The molecule has 0 aliphatic carbocycles. The molecule has 0 aliphatic rings. The molecule has 1 heterocycles. The summed E-state index contributed by atoms with van der Waals surface area (Å²) in [4.78, 5) is 37.5. The van der Waals surface area contributed by atoms with Gasteiger partial charge in [0.15, 0.2) is 6.03 Å². The van der Waals surface area contributed by atoms with Crippen LogP contribution in [0.4, 0.5) is 31.9 Å². The van der Waals surface area contributed by atoms with E-state index in [4.69, 9.17) is 11.6 Å². The second kappa shape index (κ2) is 13.5. The van der Waals surface area contributed by atoms with Crippen LogP contribution in [0.25, 0.3) is 4.72 Å². The summed E-state index contributed by atoms with van der Waals surface area (Å²) in [6.07, 6.45) is 0.309. The number of nitrogens with zero attached hydrogens (tertiary/aromatic N) is 2. The van der Waals surface area contributed by atoms with Crippen molar-refractivity contribution in [3.63, 3.8) is 0 Å². The number of halogens is 2. The third-order valence-corrected chi connectivity index (χ3v) is 7.00. The van der Waals surface area contributed by atoms with Gasteiger partial charge in [-0.3, -0.25) is 18.6 Å². The zero-order valence-corrected chi connectivity index (χ0v) is 24.3. The Balaban J connectivity index is 0.00000432. The molecular weight excluding hydrogens is 544 g/mol. The molecular formula is C21H18ClFKN5O4S2. The van der Waals surface area contributed by atoms with Gasteiger partial charge in [0.2, 0.25) is 6.41 Å². The van der Waals surface area contributed by atoms with Gasteiger partial charge >= 0.3 is 51.4 Å². The Hall–Kier alpha value is -1.84. The summed E-state index contributed by atoms with van der Waals surface area (Å²) >= 11 is 6.83. The minimum Gasteiger partial charge on any atom is -0.424 e. The van der Waals surface area contributed by atoms with Gasteiger partial charge in [-0.05, 0) is 42.1 Å². The Kier molecular flexibility index (Phi) is 11.3. The van der Waals surface area contributed by atoms with E-state index in [1.54, 1.807) is 20.2 Å². The number of benzene rings is 2. The molecule has 0 saturated heterocycles. The van der Waals surface area contributed by atoms with Gasteiger partial charge in [-0.15, -0.1) is 11.3 Å². The largest absolute Gasteiger partial charge is 1.00 e. The van der Waals surface area contributed by atoms with Crippen LogP contribution in [0.3, 0.4) is 0 Å². The van der Waals surface area contributed by atoms with E-state index in [1.165, 1.54) is 36.4 Å². The van der Waals surface area contributed by atoms with Crippen LogP contribution >= 0.6 is 22.9 Å². The van der Waals surface area contributed by atoms with Crippen LogP contribution in [0.2, 0.25) is 4.34 Å². The third kappa shape index (κ3) is 7.33. The van der Waals surface area contributed by atoms with Crippen LogP contribution in [0.15, 0.2) is 52.7 Å². The molecule has 3 N–H and O–H groups in total. The first kappa shape index (κ1) is 29.4. The molecule has 14 heteroatoms. The number of hydrogen-bond donors (Lipinski definition) is 3. The van der Waals surface area contributed by atoms with Gasteiger partial charge in [0.1, 0.15) is 5.82 Å². The average Bonchev–Trinajstić information content (AvgIpc) is 3.26. The molecule has 0 saturated carbocycles. The van der Waals surface area contributed by atoms with Crippen LogP contribution in [-0.4, -0.2) is 36.7 Å². The number of carbonyl (C=O) groups is 3. The standard InChI is InChI=1S/C21H19ClFN5O4S2.K/c1-24-16-10-17(25-2)15(23)9-14(16)20(30)28(11-29)13-5-3-12(4-6-13)26-21(31)27-34(32)19-8-7-18(22)33-19;/h3-11H,1-2H3,(H4,24,25,26,27,30,31);/q;+1/p-1. The summed E-state index contributed by atoms with van der Waals surface area (Å²) in [5, 5.41) is 7.93. The number of amides is 4. The molecule has 0 bridgehead atoms. The Morgan fingerprint density at radius 3 is 2.29 bits per heavy atom. The van der Waals surface area contributed by atoms with Gasteiger partial charge in [0.25, 0.3) is 5.91 Å². The van der Waals surface area contributed by atoms with Crippen molar-refractivity contribution in [2.45, 2.75) is 4.21 Å². The topological polar surface area (TPSA) is 122 Å². The van der Waals surface area contributed by atoms with Gasteiger partial charge in [-0.2, -0.15) is 0 Å². The summed E-state index contributed by atoms with van der Waals surface area (Å²) < 4.78 is 30.6. The molecule has 2 aromatic carbocycles. The van der Waals surface area contributed by atoms with Crippen LogP contribution in [0.1, 0.15) is 10.4 Å². The van der Waals surface area contributed by atoms with Gasteiger partial charge in [0, 0.05) is 19.8 Å². The van der Waals surface area contributed by atoms with Crippen molar-refractivity contribution in [1.29, 1.82) is 0 Å². The van der Waals surface area contributed by atoms with E-state index in [0.717, 1.165) is 22.3 Å². The predicted molar refractivity (Wildman–Crippen MR) is 133 cm³/mol. The molecule has 0 radical (unpaired) electrons. The molecule has 3 rings (SSSR count). The molecule has 4 amide bonds. The Bertz CT molecular complexity index is 1260. The maximum absolute atomic E-state index is 14.2. The van der Waals surface area contributed by atoms with Crippen LogP contribution in [0, 0.1) is 5.82 Å². The van der Waals surface area contributed by atoms with E-state index in [-0.39, 0.29) is 74.0 Å². The quantitative estimate of drug-likeness (QED) is 0.286. The maximum atomic E-state index is 14.2. The van der Waals surface area contributed by atoms with E-state index in [1.807, 2.05) is 0 Å². The number of thiophene rings is 1. The van der Waals surface area contributed by atoms with Crippen molar-refractivity contribution >= 4 is 75.0 Å². The van der Waals surface area contributed by atoms with E-state index in [2.05, 4.69) is 20.7 Å². The number of urea groups is 1. The number of nitrogens with one attached hydrogen (secondary N) is 3. The molecule has 1 atom stereocenters. The Morgan fingerprint density at radius 1 is 1.09 bits per heavy atom. The fourth-order valence-corrected chi connectivity index (χ4v) is 4.92. The Morgan fingerprint density at radius 2 is 1.74 bits per heavy atom. The minimum absolute atomic E-state index is 0. The van der Waals surface area contributed by atoms with Crippen molar-refractivity contribution in [2.24, 2.45) is 0 Å². The summed E-state index contributed by atoms with van der Waals surface area (Å²) in [6.45, 7) is 0. The van der Waals surface area contributed by atoms with E-state index < -0.39 is 28.7 Å². The van der Waals surface area contributed by atoms with Crippen molar-refractivity contribution in [3.05, 3.63) is 69.0 Å². The zero-order chi connectivity index (χ0) is 24.8. The van der Waals surface area contributed by atoms with Crippen molar-refractivity contribution < 1.29 is 74.4 Å². The first-order chi connectivity index (χ1) is 16.3. The fraction of sp³-hybridized carbons (Fsp3) is 0.0952. The average molecular weight is 562 g/mol. The monoisotopic (exact) mass is 561 g/mol. The van der Waals surface area contributed by atoms with Gasteiger partial charge in [0.05, 0.1) is 36.5 Å². The van der Waals surface area contributed by atoms with E-state index >= 15 is 0 Å². The predicted octanol–water partition coefficient (Wildman–Crippen LogP) is 2.06. The number of imide groups is 1. The summed E-state index contributed by atoms with van der Waals surface area (Å²) in [6, 6.07) is 10.4. The maximum Gasteiger partial charge on any atom is 1.00 e. The molecule has 0 aliphatic heterocycles. The summed E-state index contributed by atoms with van der Waals surface area (Å²) in [5.74, 6) is -1.41. The fourth-order valence-electron chi connectivity index (χ4n) is 2.87. The van der Waals surface area contributed by atoms with Crippen molar-refractivity contribution in [1.82, 2.24) is 0 Å². The number of hydrogen-bond acceptors (Lipinski definition) is 7. The number of rotatable bonds is 8. The Labute approximate surface area is 254 Å². The van der Waals surface area contributed by atoms with Crippen LogP contribution in [-0.2, 0) is 15.8 Å². The van der Waals surface area contributed by atoms with Gasteiger partial charge in [-0.25, -0.2) is 9.29 Å². The van der Waals surface area contributed by atoms with Crippen LogP contribution < -0.4 is 72.2 Å². The van der Waals surface area contributed by atoms with Crippen molar-refractivity contribution in [3.8, 4) is 0 Å². The van der Waals surface area contributed by atoms with Gasteiger partial charge < -0.3 is 20.7 Å². The molecule has 178 valence electrons. The van der Waals surface area contributed by atoms with Crippen molar-refractivity contribution in [2.75, 3.05) is 34.9 Å². The first-order valence-corrected chi connectivity index (χ1v) is 11.9. The van der Waals surface area contributed by atoms with Gasteiger partial charge in [-0.1, -0.05) is 23.7 Å². The second-order valence-corrected chi connectivity index (χ2v) is 9.63. The normalized spacial score (nSPS) is 11.0.